The molecule has 0 saturated carbocycles. The molecule has 0 unspecified atom stereocenters. The molecule has 0 aliphatic carbocycles. The van der Waals surface area contributed by atoms with Gasteiger partial charge in [0, 0.05) is 16.1 Å². The molecule has 27 heavy (non-hydrogen) atoms. The van der Waals surface area contributed by atoms with Crippen LogP contribution in [0.2, 0.25) is 5.02 Å². The van der Waals surface area contributed by atoms with Crippen LogP contribution in [0.25, 0.3) is 11.4 Å². The Balaban J connectivity index is 1.75. The van der Waals surface area contributed by atoms with Gasteiger partial charge in [0.1, 0.15) is 6.04 Å². The summed E-state index contributed by atoms with van der Waals surface area (Å²) in [6, 6.07) is 11.5. The maximum Gasteiger partial charge on any atom is 0.251 e. The van der Waals surface area contributed by atoms with Crippen molar-refractivity contribution in [2.24, 2.45) is 0 Å². The van der Waals surface area contributed by atoms with Crippen molar-refractivity contribution in [2.45, 2.75) is 13.0 Å². The molecule has 1 aromatic heterocycles. The first kappa shape index (κ1) is 18.7. The molecule has 8 heteroatoms. The number of nitrogens with one attached hydrogen (secondary N) is 1. The molecular formula is C19H18ClN3O4. The molecule has 0 aliphatic rings. The first-order valence-corrected chi connectivity index (χ1v) is 8.52. The van der Waals surface area contributed by atoms with Gasteiger partial charge in [-0.3, -0.25) is 4.79 Å². The largest absolute Gasteiger partial charge is 0.493 e. The lowest BCUT2D eigenvalue weighted by molar-refractivity contribution is 0.0932. The van der Waals surface area contributed by atoms with Crippen LogP contribution in [0.15, 0.2) is 47.0 Å². The number of hydrogen-bond donors (Lipinski definition) is 1. The van der Waals surface area contributed by atoms with E-state index in [4.69, 9.17) is 25.6 Å². The van der Waals surface area contributed by atoms with E-state index in [2.05, 4.69) is 15.5 Å². The van der Waals surface area contributed by atoms with E-state index < -0.39 is 6.04 Å². The van der Waals surface area contributed by atoms with Gasteiger partial charge in [0.2, 0.25) is 11.7 Å². The Kier molecular flexibility index (Phi) is 5.61. The van der Waals surface area contributed by atoms with Crippen LogP contribution in [-0.4, -0.2) is 30.3 Å². The van der Waals surface area contributed by atoms with Crippen LogP contribution >= 0.6 is 11.6 Å². The lowest BCUT2D eigenvalue weighted by atomic mass is 10.2. The number of benzene rings is 2. The van der Waals surface area contributed by atoms with Crippen LogP contribution < -0.4 is 14.8 Å². The van der Waals surface area contributed by atoms with Crippen molar-refractivity contribution < 1.29 is 18.8 Å². The molecule has 1 heterocycles. The van der Waals surface area contributed by atoms with E-state index in [-0.39, 0.29) is 5.91 Å². The molecule has 0 saturated heterocycles. The van der Waals surface area contributed by atoms with Gasteiger partial charge in [-0.15, -0.1) is 0 Å². The smallest absolute Gasteiger partial charge is 0.251 e. The summed E-state index contributed by atoms with van der Waals surface area (Å²) in [7, 11) is 3.12. The number of methoxy groups -OCH3 is 2. The quantitative estimate of drug-likeness (QED) is 0.690. The maximum absolute atomic E-state index is 12.3. The van der Waals surface area contributed by atoms with Gasteiger partial charge in [0.05, 0.1) is 14.2 Å². The predicted octanol–water partition coefficient (Wildman–Crippen LogP) is 3.90. The van der Waals surface area contributed by atoms with Gasteiger partial charge in [-0.2, -0.15) is 4.98 Å². The summed E-state index contributed by atoms with van der Waals surface area (Å²) in [6.45, 7) is 1.76. The zero-order valence-corrected chi connectivity index (χ0v) is 15.8. The lowest BCUT2D eigenvalue weighted by Crippen LogP contribution is -2.26. The standard InChI is InChI=1S/C19H18ClN3O4/c1-11(21-18(24)12-4-7-14(20)8-5-12)19-22-17(23-27-19)13-6-9-15(25-2)16(10-13)26-3/h4-11H,1-3H3,(H,21,24)/t11-/m1/s1. The van der Waals surface area contributed by atoms with E-state index >= 15 is 0 Å². The van der Waals surface area contributed by atoms with Crippen molar-refractivity contribution in [3.8, 4) is 22.9 Å². The summed E-state index contributed by atoms with van der Waals surface area (Å²) < 4.78 is 15.8. The third-order valence-corrected chi connectivity index (χ3v) is 4.16. The Labute approximate surface area is 161 Å². The molecule has 2 aromatic carbocycles. The number of ether oxygens (including phenoxy) is 2. The number of rotatable bonds is 6. The summed E-state index contributed by atoms with van der Waals surface area (Å²) in [5.41, 5.74) is 1.20. The monoisotopic (exact) mass is 387 g/mol. The highest BCUT2D eigenvalue weighted by Gasteiger charge is 2.19. The number of carbonyl (C=O) groups excluding carboxylic acids is 1. The molecule has 0 radical (unpaired) electrons. The first-order chi connectivity index (χ1) is 13.0. The van der Waals surface area contributed by atoms with Crippen molar-refractivity contribution in [1.29, 1.82) is 0 Å². The third kappa shape index (κ3) is 4.20. The van der Waals surface area contributed by atoms with Crippen molar-refractivity contribution in [3.63, 3.8) is 0 Å². The third-order valence-electron chi connectivity index (χ3n) is 3.91. The molecule has 7 nitrogen and oxygen atoms in total. The fraction of sp³-hybridized carbons (Fsp3) is 0.211. The maximum atomic E-state index is 12.3. The van der Waals surface area contributed by atoms with E-state index in [0.717, 1.165) is 0 Å². The van der Waals surface area contributed by atoms with Crippen molar-refractivity contribution >= 4 is 17.5 Å². The Morgan fingerprint density at radius 1 is 1.11 bits per heavy atom. The zero-order valence-electron chi connectivity index (χ0n) is 15.0. The Bertz CT molecular complexity index is 940. The molecule has 0 fully saturated rings. The second-order valence-electron chi connectivity index (χ2n) is 5.73. The average molecular weight is 388 g/mol. The van der Waals surface area contributed by atoms with Crippen LogP contribution in [0.5, 0.6) is 11.5 Å². The normalized spacial score (nSPS) is 11.7. The van der Waals surface area contributed by atoms with Crippen molar-refractivity contribution in [2.75, 3.05) is 14.2 Å². The minimum absolute atomic E-state index is 0.259. The van der Waals surface area contributed by atoms with Gasteiger partial charge in [0.15, 0.2) is 11.5 Å². The molecule has 1 atom stereocenters. The highest BCUT2D eigenvalue weighted by molar-refractivity contribution is 6.30. The van der Waals surface area contributed by atoms with E-state index in [9.17, 15) is 4.79 Å². The SMILES string of the molecule is COc1ccc(-c2noc([C@@H](C)NC(=O)c3ccc(Cl)cc3)n2)cc1OC. The van der Waals surface area contributed by atoms with Gasteiger partial charge in [-0.25, -0.2) is 0 Å². The van der Waals surface area contributed by atoms with Crippen molar-refractivity contribution in [3.05, 3.63) is 58.9 Å². The topological polar surface area (TPSA) is 86.5 Å². The molecule has 3 rings (SSSR count). The molecule has 140 valence electrons. The molecule has 0 aliphatic heterocycles. The Morgan fingerprint density at radius 2 is 1.81 bits per heavy atom. The minimum Gasteiger partial charge on any atom is -0.493 e. The fourth-order valence-corrected chi connectivity index (χ4v) is 2.57. The first-order valence-electron chi connectivity index (χ1n) is 8.14. The lowest BCUT2D eigenvalue weighted by Gasteiger charge is -2.09. The van der Waals surface area contributed by atoms with E-state index in [1.165, 1.54) is 0 Å². The zero-order chi connectivity index (χ0) is 19.4. The molecule has 1 amide bonds. The molecule has 0 spiro atoms. The molecular weight excluding hydrogens is 370 g/mol. The van der Waals surface area contributed by atoms with Crippen LogP contribution in [0.4, 0.5) is 0 Å². The number of nitrogens with zero attached hydrogens (tertiary/aromatic N) is 2. The molecule has 0 bridgehead atoms. The van der Waals surface area contributed by atoms with Gasteiger partial charge in [-0.05, 0) is 49.4 Å². The van der Waals surface area contributed by atoms with E-state index in [1.54, 1.807) is 63.6 Å². The van der Waals surface area contributed by atoms with E-state index in [1.807, 2.05) is 0 Å². The summed E-state index contributed by atoms with van der Waals surface area (Å²) in [6.07, 6.45) is 0. The second-order valence-corrected chi connectivity index (χ2v) is 6.16. The second kappa shape index (κ2) is 8.09. The van der Waals surface area contributed by atoms with Crippen LogP contribution in [0.3, 0.4) is 0 Å². The van der Waals surface area contributed by atoms with Gasteiger partial charge in [0.25, 0.3) is 5.91 Å². The Morgan fingerprint density at radius 3 is 2.48 bits per heavy atom. The van der Waals surface area contributed by atoms with Crippen LogP contribution in [-0.2, 0) is 0 Å². The summed E-state index contributed by atoms with van der Waals surface area (Å²) in [5, 5.41) is 7.36. The van der Waals surface area contributed by atoms with Crippen LogP contribution in [0, 0.1) is 0 Å². The summed E-state index contributed by atoms with van der Waals surface area (Å²) >= 11 is 5.84. The Hall–Kier alpha value is -3.06. The van der Waals surface area contributed by atoms with Gasteiger partial charge >= 0.3 is 0 Å². The number of carbonyl (C=O) groups is 1. The van der Waals surface area contributed by atoms with Crippen molar-refractivity contribution in [1.82, 2.24) is 15.5 Å². The van der Waals surface area contributed by atoms with E-state index in [0.29, 0.717) is 39.4 Å². The highest BCUT2D eigenvalue weighted by Crippen LogP contribution is 2.31. The predicted molar refractivity (Wildman–Crippen MR) is 100 cm³/mol. The summed E-state index contributed by atoms with van der Waals surface area (Å²) in [5.74, 6) is 1.59. The minimum atomic E-state index is -0.463. The highest BCUT2D eigenvalue weighted by atomic mass is 35.5. The number of halogens is 1. The summed E-state index contributed by atoms with van der Waals surface area (Å²) in [4.78, 5) is 16.7. The van der Waals surface area contributed by atoms with Crippen LogP contribution in [0.1, 0.15) is 29.2 Å². The van der Waals surface area contributed by atoms with Gasteiger partial charge in [-0.1, -0.05) is 16.8 Å². The molecule has 1 N–H and O–H groups in total. The number of aromatic nitrogens is 2. The average Bonchev–Trinajstić information content (AvgIpc) is 3.18. The number of hydrogen-bond acceptors (Lipinski definition) is 6. The molecule has 3 aromatic rings. The fourth-order valence-electron chi connectivity index (χ4n) is 2.45. The number of amides is 1. The van der Waals surface area contributed by atoms with Gasteiger partial charge < -0.3 is 19.3 Å².